The zero-order chi connectivity index (χ0) is 25.6. The fourth-order valence-electron chi connectivity index (χ4n) is 4.05. The molecule has 1 saturated heterocycles. The van der Waals surface area contributed by atoms with Crippen molar-refractivity contribution in [2.75, 3.05) is 32.8 Å². The Labute approximate surface area is 210 Å². The Balaban J connectivity index is 0.000000546. The third-order valence-electron chi connectivity index (χ3n) is 6.70. The predicted octanol–water partition coefficient (Wildman–Crippen LogP) is 5.66. The molecule has 0 aliphatic carbocycles. The van der Waals surface area contributed by atoms with Crippen molar-refractivity contribution in [2.45, 2.75) is 112 Å². The number of hydrogen-bond donors (Lipinski definition) is 1. The highest BCUT2D eigenvalue weighted by atomic mass is 16.5. The van der Waals surface area contributed by atoms with E-state index in [9.17, 15) is 4.79 Å². The first-order valence-electron chi connectivity index (χ1n) is 13.6. The van der Waals surface area contributed by atoms with Gasteiger partial charge in [-0.15, -0.1) is 0 Å². The Morgan fingerprint density at radius 3 is 2.09 bits per heavy atom. The molecule has 34 heavy (non-hydrogen) atoms. The lowest BCUT2D eigenvalue weighted by molar-refractivity contribution is -0.121. The van der Waals surface area contributed by atoms with Crippen molar-refractivity contribution in [1.29, 1.82) is 0 Å². The SMILES string of the molecule is CCC(=O)NC(C)CC.CCCc1ccc(CN2CCN(C(C)(C)CCOC(C)C)CC2)cc1. The minimum atomic E-state index is 0.143. The van der Waals surface area contributed by atoms with E-state index in [1.165, 1.54) is 24.0 Å². The number of rotatable bonds is 12. The van der Waals surface area contributed by atoms with Crippen LogP contribution in [-0.2, 0) is 22.5 Å². The monoisotopic (exact) mass is 475 g/mol. The zero-order valence-electron chi connectivity index (χ0n) is 23.5. The van der Waals surface area contributed by atoms with Gasteiger partial charge in [0.2, 0.25) is 5.91 Å². The number of ether oxygens (including phenoxy) is 1. The van der Waals surface area contributed by atoms with E-state index in [-0.39, 0.29) is 11.4 Å². The van der Waals surface area contributed by atoms with E-state index in [0.29, 0.717) is 18.6 Å². The Morgan fingerprint density at radius 1 is 1.00 bits per heavy atom. The van der Waals surface area contributed by atoms with Crippen molar-refractivity contribution in [3.63, 3.8) is 0 Å². The zero-order valence-corrected chi connectivity index (χ0v) is 23.5. The number of amides is 1. The normalized spacial score (nSPS) is 16.1. The van der Waals surface area contributed by atoms with Gasteiger partial charge in [-0.1, -0.05) is 51.5 Å². The standard InChI is InChI=1S/C22H38N2O.C7H15NO/c1-6-7-20-8-10-21(11-9-20)18-23-13-15-24(16-14-23)22(4,5)12-17-25-19(2)3;1-4-6(3)8-7(9)5-2/h8-11,19H,6-7,12-18H2,1-5H3;6H,4-5H2,1-3H3,(H,8,9). The summed E-state index contributed by atoms with van der Waals surface area (Å²) in [4.78, 5) is 15.9. The predicted molar refractivity (Wildman–Crippen MR) is 145 cm³/mol. The van der Waals surface area contributed by atoms with Gasteiger partial charge in [-0.2, -0.15) is 0 Å². The van der Waals surface area contributed by atoms with Crippen molar-refractivity contribution >= 4 is 5.91 Å². The van der Waals surface area contributed by atoms with Gasteiger partial charge in [0.1, 0.15) is 0 Å². The van der Waals surface area contributed by atoms with Gasteiger partial charge in [0.15, 0.2) is 0 Å². The average Bonchev–Trinajstić information content (AvgIpc) is 2.80. The lowest BCUT2D eigenvalue weighted by Gasteiger charge is -2.44. The summed E-state index contributed by atoms with van der Waals surface area (Å²) in [6, 6.07) is 9.55. The van der Waals surface area contributed by atoms with Crippen LogP contribution in [0, 0.1) is 0 Å². The number of piperazine rings is 1. The van der Waals surface area contributed by atoms with Crippen molar-refractivity contribution in [3.8, 4) is 0 Å². The number of carbonyl (C=O) groups excluding carboxylic acids is 1. The maximum atomic E-state index is 10.7. The molecule has 1 unspecified atom stereocenters. The molecular formula is C29H53N3O2. The van der Waals surface area contributed by atoms with Crippen LogP contribution in [0.3, 0.4) is 0 Å². The van der Waals surface area contributed by atoms with E-state index < -0.39 is 0 Å². The minimum absolute atomic E-state index is 0.143. The molecule has 1 aromatic rings. The van der Waals surface area contributed by atoms with E-state index >= 15 is 0 Å². The van der Waals surface area contributed by atoms with Crippen molar-refractivity contribution in [3.05, 3.63) is 35.4 Å². The van der Waals surface area contributed by atoms with Crippen LogP contribution in [0.15, 0.2) is 24.3 Å². The molecule has 0 bridgehead atoms. The Bertz CT molecular complexity index is 664. The molecule has 0 saturated carbocycles. The summed E-state index contributed by atoms with van der Waals surface area (Å²) in [7, 11) is 0. The van der Waals surface area contributed by atoms with Crippen LogP contribution in [0.5, 0.6) is 0 Å². The van der Waals surface area contributed by atoms with Crippen LogP contribution in [0.4, 0.5) is 0 Å². The maximum absolute atomic E-state index is 10.7. The topological polar surface area (TPSA) is 44.8 Å². The first-order valence-corrected chi connectivity index (χ1v) is 13.6. The minimum Gasteiger partial charge on any atom is -0.379 e. The van der Waals surface area contributed by atoms with Crippen LogP contribution in [0.25, 0.3) is 0 Å². The maximum Gasteiger partial charge on any atom is 0.219 e. The fraction of sp³-hybridized carbons (Fsp3) is 0.759. The Morgan fingerprint density at radius 2 is 1.59 bits per heavy atom. The molecule has 5 heteroatoms. The highest BCUT2D eigenvalue weighted by Gasteiger charge is 2.29. The first kappa shape index (κ1) is 30.6. The summed E-state index contributed by atoms with van der Waals surface area (Å²) in [5, 5.41) is 2.84. The van der Waals surface area contributed by atoms with E-state index in [1.54, 1.807) is 0 Å². The molecule has 0 spiro atoms. The average molecular weight is 476 g/mol. The number of nitrogens with zero attached hydrogens (tertiary/aromatic N) is 2. The summed E-state index contributed by atoms with van der Waals surface area (Å²) < 4.78 is 5.76. The van der Waals surface area contributed by atoms with Gasteiger partial charge in [-0.05, 0) is 65.0 Å². The smallest absolute Gasteiger partial charge is 0.219 e. The van der Waals surface area contributed by atoms with Gasteiger partial charge < -0.3 is 10.1 Å². The molecule has 2 rings (SSSR count). The quantitative estimate of drug-likeness (QED) is 0.424. The summed E-state index contributed by atoms with van der Waals surface area (Å²) in [5.41, 5.74) is 3.13. The third kappa shape index (κ3) is 12.3. The second-order valence-electron chi connectivity index (χ2n) is 10.5. The molecule has 1 aromatic carbocycles. The van der Waals surface area contributed by atoms with Gasteiger partial charge in [0, 0.05) is 57.3 Å². The molecule has 1 heterocycles. The number of hydrogen-bond acceptors (Lipinski definition) is 4. The summed E-state index contributed by atoms with van der Waals surface area (Å²) in [6.07, 6.45) is 5.44. The Hall–Kier alpha value is -1.43. The van der Waals surface area contributed by atoms with Crippen LogP contribution in [-0.4, -0.2) is 66.2 Å². The van der Waals surface area contributed by atoms with E-state index in [1.807, 2.05) is 13.8 Å². The van der Waals surface area contributed by atoms with Crippen LogP contribution < -0.4 is 5.32 Å². The number of aryl methyl sites for hydroxylation is 1. The van der Waals surface area contributed by atoms with Crippen LogP contribution in [0.2, 0.25) is 0 Å². The van der Waals surface area contributed by atoms with Crippen molar-refractivity contribution in [2.24, 2.45) is 0 Å². The molecule has 1 fully saturated rings. The molecule has 1 amide bonds. The van der Waals surface area contributed by atoms with Crippen LogP contribution >= 0.6 is 0 Å². The number of benzene rings is 1. The van der Waals surface area contributed by atoms with Crippen LogP contribution in [0.1, 0.15) is 92.2 Å². The van der Waals surface area contributed by atoms with E-state index in [2.05, 4.69) is 80.9 Å². The molecule has 1 aliphatic heterocycles. The summed E-state index contributed by atoms with van der Waals surface area (Å²) >= 11 is 0. The molecule has 196 valence electrons. The largest absolute Gasteiger partial charge is 0.379 e. The first-order chi connectivity index (χ1) is 16.1. The highest BCUT2D eigenvalue weighted by Crippen LogP contribution is 2.22. The lowest BCUT2D eigenvalue weighted by Crippen LogP contribution is -2.54. The van der Waals surface area contributed by atoms with Gasteiger partial charge in [-0.25, -0.2) is 0 Å². The third-order valence-corrected chi connectivity index (χ3v) is 6.70. The van der Waals surface area contributed by atoms with E-state index in [0.717, 1.165) is 52.2 Å². The van der Waals surface area contributed by atoms with Gasteiger partial charge >= 0.3 is 0 Å². The summed E-state index contributed by atoms with van der Waals surface area (Å²) in [6.45, 7) is 23.7. The van der Waals surface area contributed by atoms with E-state index in [4.69, 9.17) is 4.74 Å². The molecule has 1 N–H and O–H groups in total. The van der Waals surface area contributed by atoms with Gasteiger partial charge in [0.05, 0.1) is 6.10 Å². The molecule has 1 atom stereocenters. The molecule has 0 aromatic heterocycles. The second-order valence-corrected chi connectivity index (χ2v) is 10.5. The molecular weight excluding hydrogens is 422 g/mol. The lowest BCUT2D eigenvalue weighted by atomic mass is 9.97. The number of nitrogens with one attached hydrogen (secondary N) is 1. The van der Waals surface area contributed by atoms with Crippen molar-refractivity contribution in [1.82, 2.24) is 15.1 Å². The number of carbonyl (C=O) groups is 1. The van der Waals surface area contributed by atoms with Gasteiger partial charge in [0.25, 0.3) is 0 Å². The van der Waals surface area contributed by atoms with Crippen molar-refractivity contribution < 1.29 is 9.53 Å². The molecule has 5 nitrogen and oxygen atoms in total. The fourth-order valence-corrected chi connectivity index (χ4v) is 4.05. The highest BCUT2D eigenvalue weighted by molar-refractivity contribution is 5.75. The Kier molecular flexibility index (Phi) is 14.7. The second kappa shape index (κ2) is 16.3. The summed E-state index contributed by atoms with van der Waals surface area (Å²) in [5.74, 6) is 0.143. The molecule has 1 aliphatic rings. The molecule has 0 radical (unpaired) electrons. The van der Waals surface area contributed by atoms with Gasteiger partial charge in [-0.3, -0.25) is 14.6 Å².